The molecule has 0 aliphatic heterocycles. The Morgan fingerprint density at radius 1 is 1.20 bits per heavy atom. The van der Waals surface area contributed by atoms with Gasteiger partial charge in [-0.2, -0.15) is 0 Å². The lowest BCUT2D eigenvalue weighted by Crippen LogP contribution is -2.32. The topological polar surface area (TPSA) is 3.24 Å². The number of likely N-dealkylation sites (N-methyl/N-ethyl adjacent to an activating group) is 1. The molecule has 0 radical (unpaired) electrons. The molecule has 0 bridgehead atoms. The van der Waals surface area contributed by atoms with E-state index in [-0.39, 0.29) is 0 Å². The van der Waals surface area contributed by atoms with Crippen LogP contribution in [0, 0.1) is 5.41 Å². The highest BCUT2D eigenvalue weighted by atomic mass is 15.1. The molecule has 0 aromatic heterocycles. The fraction of sp³-hybridized carbons (Fsp3) is 0.857. The quantitative estimate of drug-likeness (QED) is 0.636. The normalized spacial score (nSPS) is 21.2. The molecule has 0 fully saturated rings. The molecule has 0 saturated carbocycles. The number of hydrogen-bond acceptors (Lipinski definition) is 1. The Hall–Kier alpha value is -0.300. The van der Waals surface area contributed by atoms with Crippen LogP contribution in [-0.2, 0) is 0 Å². The fourth-order valence-corrected chi connectivity index (χ4v) is 2.69. The summed E-state index contributed by atoms with van der Waals surface area (Å²) in [6.45, 7) is 15.2. The first-order valence-corrected chi connectivity index (χ1v) is 6.42. The van der Waals surface area contributed by atoms with Crippen LogP contribution in [0.4, 0.5) is 0 Å². The van der Waals surface area contributed by atoms with Crippen molar-refractivity contribution in [3.8, 4) is 0 Å². The summed E-state index contributed by atoms with van der Waals surface area (Å²) in [6.07, 6.45) is 4.06. The summed E-state index contributed by atoms with van der Waals surface area (Å²) in [6, 6.07) is 0. The number of rotatable bonds is 4. The Kier molecular flexibility index (Phi) is 4.39. The van der Waals surface area contributed by atoms with Gasteiger partial charge in [0, 0.05) is 6.54 Å². The van der Waals surface area contributed by atoms with E-state index in [9.17, 15) is 0 Å². The summed E-state index contributed by atoms with van der Waals surface area (Å²) >= 11 is 0. The first kappa shape index (κ1) is 12.8. The second-order valence-corrected chi connectivity index (χ2v) is 5.46. The number of hydrogen-bond donors (Lipinski definition) is 0. The highest BCUT2D eigenvalue weighted by molar-refractivity contribution is 5.23. The average molecular weight is 209 g/mol. The van der Waals surface area contributed by atoms with Gasteiger partial charge in [0.1, 0.15) is 0 Å². The third-order valence-corrected chi connectivity index (χ3v) is 3.96. The zero-order valence-electron chi connectivity index (χ0n) is 11.2. The minimum Gasteiger partial charge on any atom is -0.300 e. The van der Waals surface area contributed by atoms with Crippen molar-refractivity contribution in [2.45, 2.75) is 53.9 Å². The van der Waals surface area contributed by atoms with Crippen LogP contribution in [0.15, 0.2) is 11.1 Å². The highest BCUT2D eigenvalue weighted by Crippen LogP contribution is 2.40. The zero-order chi connectivity index (χ0) is 11.5. The monoisotopic (exact) mass is 209 g/mol. The summed E-state index contributed by atoms with van der Waals surface area (Å²) in [5.74, 6) is 0. The number of allylic oxidation sites excluding steroid dienone is 1. The molecule has 0 amide bonds. The van der Waals surface area contributed by atoms with Gasteiger partial charge in [-0.3, -0.25) is 4.90 Å². The van der Waals surface area contributed by atoms with E-state index in [1.165, 1.54) is 38.9 Å². The number of nitrogens with zero attached hydrogens (tertiary/aromatic N) is 1. The molecule has 88 valence electrons. The third kappa shape index (κ3) is 3.07. The van der Waals surface area contributed by atoms with E-state index < -0.39 is 0 Å². The van der Waals surface area contributed by atoms with E-state index >= 15 is 0 Å². The van der Waals surface area contributed by atoms with Crippen LogP contribution < -0.4 is 0 Å². The maximum absolute atomic E-state index is 2.53. The minimum absolute atomic E-state index is 0.435. The summed E-state index contributed by atoms with van der Waals surface area (Å²) in [5.41, 5.74) is 3.79. The van der Waals surface area contributed by atoms with Gasteiger partial charge in [0.2, 0.25) is 0 Å². The summed E-state index contributed by atoms with van der Waals surface area (Å²) in [4.78, 5) is 2.53. The molecular weight excluding hydrogens is 182 g/mol. The average Bonchev–Trinajstić information content (AvgIpc) is 2.17. The molecule has 0 saturated heterocycles. The maximum Gasteiger partial charge on any atom is 0.0200 e. The lowest BCUT2D eigenvalue weighted by atomic mass is 9.72. The van der Waals surface area contributed by atoms with Crippen molar-refractivity contribution in [2.24, 2.45) is 5.41 Å². The Balaban J connectivity index is 2.79. The summed E-state index contributed by atoms with van der Waals surface area (Å²) in [7, 11) is 0. The molecule has 0 atom stereocenters. The predicted molar refractivity (Wildman–Crippen MR) is 68.1 cm³/mol. The van der Waals surface area contributed by atoms with Crippen LogP contribution in [0.1, 0.15) is 53.9 Å². The summed E-state index contributed by atoms with van der Waals surface area (Å²) in [5, 5.41) is 0. The fourth-order valence-electron chi connectivity index (χ4n) is 2.69. The van der Waals surface area contributed by atoms with E-state index in [1.54, 1.807) is 11.1 Å². The first-order chi connectivity index (χ1) is 7.01. The molecule has 1 aliphatic rings. The molecule has 1 nitrogen and oxygen atoms in total. The van der Waals surface area contributed by atoms with Crippen molar-refractivity contribution < 1.29 is 0 Å². The maximum atomic E-state index is 2.53. The molecule has 15 heavy (non-hydrogen) atoms. The molecule has 0 heterocycles. The van der Waals surface area contributed by atoms with Gasteiger partial charge in [0.25, 0.3) is 0 Å². The van der Waals surface area contributed by atoms with Crippen LogP contribution in [0.3, 0.4) is 0 Å². The Bertz CT molecular complexity index is 234. The molecule has 0 aromatic rings. The molecule has 0 spiro atoms. The smallest absolute Gasteiger partial charge is 0.0200 e. The second-order valence-electron chi connectivity index (χ2n) is 5.46. The van der Waals surface area contributed by atoms with Crippen molar-refractivity contribution in [2.75, 3.05) is 19.6 Å². The molecular formula is C14H27N. The van der Waals surface area contributed by atoms with Gasteiger partial charge in [0.05, 0.1) is 0 Å². The van der Waals surface area contributed by atoms with Gasteiger partial charge in [-0.25, -0.2) is 0 Å². The molecule has 1 rings (SSSR count). The summed E-state index contributed by atoms with van der Waals surface area (Å²) < 4.78 is 0. The van der Waals surface area contributed by atoms with Crippen molar-refractivity contribution >= 4 is 0 Å². The van der Waals surface area contributed by atoms with Gasteiger partial charge in [-0.15, -0.1) is 0 Å². The van der Waals surface area contributed by atoms with Gasteiger partial charge >= 0.3 is 0 Å². The standard InChI is InChI=1S/C14H27N/c1-6-15(7-2)11-13-12(3)9-8-10-14(13,4)5/h6-11H2,1-5H3. The Morgan fingerprint density at radius 2 is 1.80 bits per heavy atom. The van der Waals surface area contributed by atoms with E-state index in [0.29, 0.717) is 5.41 Å². The molecule has 0 unspecified atom stereocenters. The molecule has 1 heteroatoms. The van der Waals surface area contributed by atoms with Crippen LogP contribution >= 0.6 is 0 Å². The third-order valence-electron chi connectivity index (χ3n) is 3.96. The highest BCUT2D eigenvalue weighted by Gasteiger charge is 2.28. The SMILES string of the molecule is CCN(CC)CC1=C(C)CCCC1(C)C. The van der Waals surface area contributed by atoms with Crippen LogP contribution in [0.2, 0.25) is 0 Å². The van der Waals surface area contributed by atoms with Crippen LogP contribution in [-0.4, -0.2) is 24.5 Å². The van der Waals surface area contributed by atoms with Crippen molar-refractivity contribution in [3.05, 3.63) is 11.1 Å². The lowest BCUT2D eigenvalue weighted by Gasteiger charge is -2.37. The lowest BCUT2D eigenvalue weighted by molar-refractivity contribution is 0.275. The van der Waals surface area contributed by atoms with Crippen LogP contribution in [0.25, 0.3) is 0 Å². The second kappa shape index (κ2) is 5.16. The molecule has 0 aromatic carbocycles. The minimum atomic E-state index is 0.435. The molecule has 0 N–H and O–H groups in total. The van der Waals surface area contributed by atoms with E-state index in [2.05, 4.69) is 39.5 Å². The van der Waals surface area contributed by atoms with Gasteiger partial charge in [0.15, 0.2) is 0 Å². The Labute approximate surface area is 95.5 Å². The zero-order valence-corrected chi connectivity index (χ0v) is 11.2. The Morgan fingerprint density at radius 3 is 2.27 bits per heavy atom. The van der Waals surface area contributed by atoms with Crippen molar-refractivity contribution in [1.29, 1.82) is 0 Å². The van der Waals surface area contributed by atoms with E-state index in [4.69, 9.17) is 0 Å². The van der Waals surface area contributed by atoms with Gasteiger partial charge < -0.3 is 0 Å². The predicted octanol–water partition coefficient (Wildman–Crippen LogP) is 3.85. The van der Waals surface area contributed by atoms with Gasteiger partial charge in [-0.05, 0) is 44.7 Å². The largest absolute Gasteiger partial charge is 0.300 e. The van der Waals surface area contributed by atoms with E-state index in [1.807, 2.05) is 0 Å². The van der Waals surface area contributed by atoms with Crippen LogP contribution in [0.5, 0.6) is 0 Å². The van der Waals surface area contributed by atoms with Crippen molar-refractivity contribution in [1.82, 2.24) is 4.90 Å². The first-order valence-electron chi connectivity index (χ1n) is 6.42. The van der Waals surface area contributed by atoms with Crippen molar-refractivity contribution in [3.63, 3.8) is 0 Å². The molecule has 1 aliphatic carbocycles. The van der Waals surface area contributed by atoms with E-state index in [0.717, 1.165) is 0 Å². The van der Waals surface area contributed by atoms with Gasteiger partial charge in [-0.1, -0.05) is 38.8 Å².